The van der Waals surface area contributed by atoms with E-state index < -0.39 is 17.8 Å². The fraction of sp³-hybridized carbons (Fsp3) is 0.0769. The van der Waals surface area contributed by atoms with Gasteiger partial charge >= 0.3 is 0 Å². The van der Waals surface area contributed by atoms with Crippen LogP contribution in [0.15, 0.2) is 78.4 Å². The van der Waals surface area contributed by atoms with Crippen LogP contribution >= 0.6 is 12.2 Å². The third-order valence-corrected chi connectivity index (χ3v) is 5.44. The fourth-order valence-electron chi connectivity index (χ4n) is 3.37. The summed E-state index contributed by atoms with van der Waals surface area (Å²) in [5, 5.41) is 13.6. The van der Waals surface area contributed by atoms with Gasteiger partial charge in [0.1, 0.15) is 17.9 Å². The van der Waals surface area contributed by atoms with Crippen LogP contribution in [0, 0.1) is 6.92 Å². The van der Waals surface area contributed by atoms with Gasteiger partial charge in [-0.25, -0.2) is 0 Å². The van der Waals surface area contributed by atoms with Gasteiger partial charge in [0.25, 0.3) is 11.8 Å². The molecule has 0 spiro atoms. The van der Waals surface area contributed by atoms with Crippen molar-refractivity contribution < 1.29 is 24.2 Å². The predicted molar refractivity (Wildman–Crippen MR) is 129 cm³/mol. The summed E-state index contributed by atoms with van der Waals surface area (Å²) >= 11 is 5.22. The number of hydrogen-bond donors (Lipinski definition) is 1. The number of amides is 2. The summed E-state index contributed by atoms with van der Waals surface area (Å²) in [6.07, 6.45) is 1.49. The van der Waals surface area contributed by atoms with Crippen molar-refractivity contribution >= 4 is 46.9 Å². The standard InChI is InChI=1S/C26H20N2O5S/c1-16-5-9-20(10-6-16)28-24(30)22(23(29)27-26(28)34)14-17-7-11-21(12-8-17)33-15-18-3-2-4-19(13-18)25(31)32/h2-14H,15H2,1H3,(H,31,32)(H,27,29,34)/p-1/b22-14+. The van der Waals surface area contributed by atoms with Gasteiger partial charge in [0.15, 0.2) is 5.11 Å². The van der Waals surface area contributed by atoms with E-state index in [4.69, 9.17) is 17.0 Å². The zero-order chi connectivity index (χ0) is 24.2. The lowest BCUT2D eigenvalue weighted by molar-refractivity contribution is -0.255. The van der Waals surface area contributed by atoms with Crippen LogP contribution < -0.4 is 20.1 Å². The molecule has 170 valence electrons. The number of hydrogen-bond acceptors (Lipinski definition) is 6. The highest BCUT2D eigenvalue weighted by atomic mass is 32.1. The van der Waals surface area contributed by atoms with E-state index in [1.54, 1.807) is 48.5 Å². The summed E-state index contributed by atoms with van der Waals surface area (Å²) in [7, 11) is 0. The van der Waals surface area contributed by atoms with Gasteiger partial charge in [-0.3, -0.25) is 19.8 Å². The van der Waals surface area contributed by atoms with Crippen LogP contribution in [0.3, 0.4) is 0 Å². The van der Waals surface area contributed by atoms with Gasteiger partial charge < -0.3 is 14.6 Å². The molecule has 0 atom stereocenters. The van der Waals surface area contributed by atoms with Crippen molar-refractivity contribution in [3.63, 3.8) is 0 Å². The largest absolute Gasteiger partial charge is 0.545 e. The van der Waals surface area contributed by atoms with Crippen molar-refractivity contribution in [2.24, 2.45) is 0 Å². The Morgan fingerprint density at radius 3 is 2.44 bits per heavy atom. The average Bonchev–Trinajstić information content (AvgIpc) is 2.82. The molecular formula is C26H19N2O5S-. The molecule has 1 aliphatic heterocycles. The quantitative estimate of drug-likeness (QED) is 0.337. The molecule has 1 heterocycles. The van der Waals surface area contributed by atoms with Crippen LogP contribution in [0.2, 0.25) is 0 Å². The minimum atomic E-state index is -1.25. The van der Waals surface area contributed by atoms with Crippen LogP contribution in [-0.2, 0) is 16.2 Å². The van der Waals surface area contributed by atoms with E-state index in [1.807, 2.05) is 19.1 Å². The molecular weight excluding hydrogens is 452 g/mol. The Morgan fingerprint density at radius 2 is 1.76 bits per heavy atom. The number of aromatic carboxylic acids is 1. The van der Waals surface area contributed by atoms with Crippen LogP contribution in [0.25, 0.3) is 6.08 Å². The number of carbonyl (C=O) groups excluding carboxylic acids is 3. The van der Waals surface area contributed by atoms with E-state index >= 15 is 0 Å². The molecule has 0 unspecified atom stereocenters. The van der Waals surface area contributed by atoms with Crippen molar-refractivity contribution in [1.82, 2.24) is 5.32 Å². The number of rotatable bonds is 6. The third-order valence-electron chi connectivity index (χ3n) is 5.15. The number of carboxylic acid groups (broad SMARTS) is 1. The Hall–Kier alpha value is -4.30. The SMILES string of the molecule is Cc1ccc(N2C(=O)/C(=C/c3ccc(OCc4cccc(C(=O)[O-])c4)cc3)C(=O)NC2=S)cc1. The first kappa shape index (κ1) is 22.9. The van der Waals surface area contributed by atoms with Crippen molar-refractivity contribution in [3.05, 3.63) is 101 Å². The minimum Gasteiger partial charge on any atom is -0.545 e. The van der Waals surface area contributed by atoms with Crippen molar-refractivity contribution in [2.75, 3.05) is 4.90 Å². The second-order valence-electron chi connectivity index (χ2n) is 7.64. The molecule has 7 nitrogen and oxygen atoms in total. The highest BCUT2D eigenvalue weighted by Crippen LogP contribution is 2.23. The molecule has 1 aliphatic rings. The summed E-state index contributed by atoms with van der Waals surface area (Å²) in [4.78, 5) is 37.8. The van der Waals surface area contributed by atoms with Crippen molar-refractivity contribution in [1.29, 1.82) is 0 Å². The van der Waals surface area contributed by atoms with E-state index in [2.05, 4.69) is 5.32 Å². The molecule has 1 saturated heterocycles. The van der Waals surface area contributed by atoms with Gasteiger partial charge in [0, 0.05) is 0 Å². The van der Waals surface area contributed by atoms with Gasteiger partial charge in [-0.2, -0.15) is 0 Å². The van der Waals surface area contributed by atoms with E-state index in [9.17, 15) is 19.5 Å². The number of nitrogens with one attached hydrogen (secondary N) is 1. The fourth-order valence-corrected chi connectivity index (χ4v) is 3.65. The topological polar surface area (TPSA) is 98.8 Å². The second-order valence-corrected chi connectivity index (χ2v) is 8.03. The van der Waals surface area contributed by atoms with Gasteiger partial charge in [0.05, 0.1) is 11.7 Å². The highest BCUT2D eigenvalue weighted by Gasteiger charge is 2.34. The maximum Gasteiger partial charge on any atom is 0.270 e. The maximum atomic E-state index is 13.1. The first-order chi connectivity index (χ1) is 16.3. The molecule has 3 aromatic rings. The number of anilines is 1. The number of carboxylic acids is 1. The molecule has 1 N–H and O–H groups in total. The highest BCUT2D eigenvalue weighted by molar-refractivity contribution is 7.80. The average molecular weight is 472 g/mol. The van der Waals surface area contributed by atoms with Gasteiger partial charge in [-0.15, -0.1) is 0 Å². The Morgan fingerprint density at radius 1 is 1.06 bits per heavy atom. The Kier molecular flexibility index (Phi) is 6.51. The monoisotopic (exact) mass is 471 g/mol. The second kappa shape index (κ2) is 9.68. The molecule has 0 saturated carbocycles. The minimum absolute atomic E-state index is 0.0301. The number of ether oxygens (including phenoxy) is 1. The lowest BCUT2D eigenvalue weighted by Crippen LogP contribution is -2.54. The normalized spacial score (nSPS) is 14.8. The summed E-state index contributed by atoms with van der Waals surface area (Å²) in [6, 6.07) is 20.4. The van der Waals surface area contributed by atoms with E-state index in [-0.39, 0.29) is 22.9 Å². The molecule has 0 aliphatic carbocycles. The lowest BCUT2D eigenvalue weighted by Gasteiger charge is -2.29. The van der Waals surface area contributed by atoms with Crippen molar-refractivity contribution in [3.8, 4) is 5.75 Å². The summed E-state index contributed by atoms with van der Waals surface area (Å²) < 4.78 is 5.71. The maximum absolute atomic E-state index is 13.1. The molecule has 0 bridgehead atoms. The zero-order valence-electron chi connectivity index (χ0n) is 18.1. The number of carbonyl (C=O) groups is 3. The zero-order valence-corrected chi connectivity index (χ0v) is 18.9. The molecule has 2 amide bonds. The van der Waals surface area contributed by atoms with Gasteiger partial charge in [-0.1, -0.05) is 48.0 Å². The van der Waals surface area contributed by atoms with Crippen molar-refractivity contribution in [2.45, 2.75) is 13.5 Å². The van der Waals surface area contributed by atoms with E-state index in [1.165, 1.54) is 23.1 Å². The Labute approximate surface area is 201 Å². The molecule has 4 rings (SSSR count). The lowest BCUT2D eigenvalue weighted by atomic mass is 10.1. The van der Waals surface area contributed by atoms with Crippen LogP contribution in [0.4, 0.5) is 5.69 Å². The van der Waals surface area contributed by atoms with Crippen LogP contribution in [0.5, 0.6) is 5.75 Å². The molecule has 0 radical (unpaired) electrons. The number of aryl methyl sites for hydroxylation is 1. The summed E-state index contributed by atoms with van der Waals surface area (Å²) in [6.45, 7) is 2.11. The first-order valence-electron chi connectivity index (χ1n) is 10.3. The number of benzene rings is 3. The Balaban J connectivity index is 1.49. The third kappa shape index (κ3) is 5.02. The summed E-state index contributed by atoms with van der Waals surface area (Å²) in [5.41, 5.74) is 2.96. The Bertz CT molecular complexity index is 1310. The molecule has 34 heavy (non-hydrogen) atoms. The molecule has 8 heteroatoms. The first-order valence-corrected chi connectivity index (χ1v) is 10.7. The molecule has 1 fully saturated rings. The van der Waals surface area contributed by atoms with E-state index in [0.717, 1.165) is 5.56 Å². The number of thiocarbonyl (C=S) groups is 1. The van der Waals surface area contributed by atoms with Crippen LogP contribution in [0.1, 0.15) is 27.0 Å². The molecule has 3 aromatic carbocycles. The molecule has 0 aromatic heterocycles. The van der Waals surface area contributed by atoms with Crippen LogP contribution in [-0.4, -0.2) is 22.9 Å². The van der Waals surface area contributed by atoms with Gasteiger partial charge in [-0.05, 0) is 72.2 Å². The predicted octanol–water partition coefficient (Wildman–Crippen LogP) is 2.77. The van der Waals surface area contributed by atoms with E-state index in [0.29, 0.717) is 22.6 Å². The van der Waals surface area contributed by atoms with Gasteiger partial charge in [0.2, 0.25) is 0 Å². The summed E-state index contributed by atoms with van der Waals surface area (Å²) in [5.74, 6) is -1.78. The smallest absolute Gasteiger partial charge is 0.270 e. The number of nitrogens with zero attached hydrogens (tertiary/aromatic N) is 1.